The van der Waals surface area contributed by atoms with Gasteiger partial charge in [0, 0.05) is 23.1 Å². The van der Waals surface area contributed by atoms with Crippen LogP contribution in [0.2, 0.25) is 0 Å². The van der Waals surface area contributed by atoms with Gasteiger partial charge in [-0.25, -0.2) is 0 Å². The van der Waals surface area contributed by atoms with E-state index in [9.17, 15) is 4.79 Å². The second-order valence-corrected chi connectivity index (χ2v) is 4.11. The van der Waals surface area contributed by atoms with Crippen LogP contribution in [-0.2, 0) is 0 Å². The van der Waals surface area contributed by atoms with Crippen molar-refractivity contribution in [2.45, 2.75) is 12.8 Å². The van der Waals surface area contributed by atoms with Crippen LogP contribution in [0.5, 0.6) is 0 Å². The summed E-state index contributed by atoms with van der Waals surface area (Å²) in [6.45, 7) is 0.494. The molecule has 4 nitrogen and oxygen atoms in total. The van der Waals surface area contributed by atoms with Crippen molar-refractivity contribution in [3.8, 4) is 6.07 Å². The van der Waals surface area contributed by atoms with Crippen molar-refractivity contribution >= 4 is 27.5 Å². The van der Waals surface area contributed by atoms with Gasteiger partial charge in [0.05, 0.1) is 11.6 Å². The molecule has 0 aliphatic heterocycles. The molecule has 0 bridgehead atoms. The zero-order chi connectivity index (χ0) is 12.0. The number of anilines is 1. The van der Waals surface area contributed by atoms with Crippen LogP contribution in [0.15, 0.2) is 22.7 Å². The van der Waals surface area contributed by atoms with Crippen molar-refractivity contribution < 1.29 is 4.79 Å². The quantitative estimate of drug-likeness (QED) is 0.655. The number of nitrogens with zero attached hydrogens (tertiary/aromatic N) is 1. The third kappa shape index (κ3) is 3.55. The van der Waals surface area contributed by atoms with Gasteiger partial charge in [0.15, 0.2) is 0 Å². The maximum Gasteiger partial charge on any atom is 0.252 e. The molecule has 1 amide bonds. The number of hydrogen-bond donors (Lipinski definition) is 2. The van der Waals surface area contributed by atoms with Gasteiger partial charge < -0.3 is 11.1 Å². The number of benzene rings is 1. The topological polar surface area (TPSA) is 78.9 Å². The zero-order valence-corrected chi connectivity index (χ0v) is 10.3. The molecule has 0 atom stereocenters. The number of amides is 1. The molecule has 16 heavy (non-hydrogen) atoms. The Morgan fingerprint density at radius 1 is 1.56 bits per heavy atom. The Bertz CT molecular complexity index is 426. The third-order valence-electron chi connectivity index (χ3n) is 1.99. The first kappa shape index (κ1) is 12.5. The number of hydrogen-bond acceptors (Lipinski definition) is 3. The van der Waals surface area contributed by atoms with E-state index in [-0.39, 0.29) is 5.91 Å². The smallest absolute Gasteiger partial charge is 0.252 e. The number of halogens is 1. The summed E-state index contributed by atoms with van der Waals surface area (Å²) in [5.74, 6) is -0.183. The van der Waals surface area contributed by atoms with Gasteiger partial charge in [-0.1, -0.05) is 0 Å². The van der Waals surface area contributed by atoms with E-state index in [1.54, 1.807) is 18.2 Å². The zero-order valence-electron chi connectivity index (χ0n) is 8.66. The molecule has 1 rings (SSSR count). The fraction of sp³-hybridized carbons (Fsp3) is 0.273. The molecule has 1 aromatic rings. The minimum Gasteiger partial charge on any atom is -0.399 e. The Balaban J connectivity index is 2.59. The third-order valence-corrected chi connectivity index (χ3v) is 2.68. The van der Waals surface area contributed by atoms with E-state index in [0.29, 0.717) is 35.1 Å². The number of rotatable bonds is 4. The van der Waals surface area contributed by atoms with Crippen molar-refractivity contribution in [1.82, 2.24) is 5.32 Å². The summed E-state index contributed by atoms with van der Waals surface area (Å²) >= 11 is 3.28. The van der Waals surface area contributed by atoms with Gasteiger partial charge in [0.2, 0.25) is 0 Å². The number of nitrogen functional groups attached to an aromatic ring is 1. The number of nitrogens with one attached hydrogen (secondary N) is 1. The van der Waals surface area contributed by atoms with Crippen LogP contribution >= 0.6 is 15.9 Å². The van der Waals surface area contributed by atoms with Crippen LogP contribution in [0.3, 0.4) is 0 Å². The van der Waals surface area contributed by atoms with E-state index < -0.39 is 0 Å². The SMILES string of the molecule is N#CCCCNC(=O)c1cc(N)ccc1Br. The number of carbonyl (C=O) groups excluding carboxylic acids is 1. The molecule has 0 heterocycles. The van der Waals surface area contributed by atoms with Crippen molar-refractivity contribution in [2.75, 3.05) is 12.3 Å². The molecule has 84 valence electrons. The average Bonchev–Trinajstić information content (AvgIpc) is 2.27. The lowest BCUT2D eigenvalue weighted by molar-refractivity contribution is 0.0952. The Hall–Kier alpha value is -1.54. The number of unbranched alkanes of at least 4 members (excludes halogenated alkanes) is 1. The molecular weight excluding hydrogens is 270 g/mol. The highest BCUT2D eigenvalue weighted by atomic mass is 79.9. The first-order valence-electron chi connectivity index (χ1n) is 4.85. The van der Waals surface area contributed by atoms with Crippen LogP contribution in [0.1, 0.15) is 23.2 Å². The van der Waals surface area contributed by atoms with Gasteiger partial charge >= 0.3 is 0 Å². The molecule has 3 N–H and O–H groups in total. The van der Waals surface area contributed by atoms with Crippen LogP contribution in [0, 0.1) is 11.3 Å². The average molecular weight is 282 g/mol. The Kier molecular flexibility index (Phi) is 4.80. The summed E-state index contributed by atoms with van der Waals surface area (Å²) in [6, 6.07) is 7.09. The number of nitriles is 1. The van der Waals surface area contributed by atoms with Crippen molar-refractivity contribution in [2.24, 2.45) is 0 Å². The monoisotopic (exact) mass is 281 g/mol. The molecule has 0 radical (unpaired) electrons. The first-order chi connectivity index (χ1) is 7.65. The summed E-state index contributed by atoms with van der Waals surface area (Å²) in [4.78, 5) is 11.7. The highest BCUT2D eigenvalue weighted by Crippen LogP contribution is 2.19. The summed E-state index contributed by atoms with van der Waals surface area (Å²) < 4.78 is 0.708. The Morgan fingerprint density at radius 3 is 3.00 bits per heavy atom. The van der Waals surface area contributed by atoms with Crippen LogP contribution in [0.4, 0.5) is 5.69 Å². The highest BCUT2D eigenvalue weighted by Gasteiger charge is 2.09. The van der Waals surface area contributed by atoms with E-state index in [0.717, 1.165) is 0 Å². The van der Waals surface area contributed by atoms with E-state index in [2.05, 4.69) is 21.2 Å². The van der Waals surface area contributed by atoms with Gasteiger partial charge in [0.1, 0.15) is 0 Å². The maximum atomic E-state index is 11.7. The normalized spacial score (nSPS) is 9.50. The molecule has 0 saturated heterocycles. The van der Waals surface area contributed by atoms with Gasteiger partial charge in [-0.2, -0.15) is 5.26 Å². The predicted molar refractivity (Wildman–Crippen MR) is 65.7 cm³/mol. The van der Waals surface area contributed by atoms with Gasteiger partial charge in [-0.3, -0.25) is 4.79 Å². The molecule has 0 saturated carbocycles. The van der Waals surface area contributed by atoms with Crippen molar-refractivity contribution in [3.05, 3.63) is 28.2 Å². The predicted octanol–water partition coefficient (Wildman–Crippen LogP) is 2.06. The van der Waals surface area contributed by atoms with E-state index in [1.807, 2.05) is 6.07 Å². The van der Waals surface area contributed by atoms with Crippen molar-refractivity contribution in [3.63, 3.8) is 0 Å². The highest BCUT2D eigenvalue weighted by molar-refractivity contribution is 9.10. The van der Waals surface area contributed by atoms with E-state index >= 15 is 0 Å². The molecule has 0 unspecified atom stereocenters. The summed E-state index contributed by atoms with van der Waals surface area (Å²) in [5.41, 5.74) is 6.66. The molecular formula is C11H12BrN3O. The van der Waals surface area contributed by atoms with Gasteiger partial charge in [-0.05, 0) is 40.5 Å². The van der Waals surface area contributed by atoms with Gasteiger partial charge in [-0.15, -0.1) is 0 Å². The Morgan fingerprint density at radius 2 is 2.31 bits per heavy atom. The summed E-state index contributed by atoms with van der Waals surface area (Å²) in [7, 11) is 0. The van der Waals surface area contributed by atoms with Gasteiger partial charge in [0.25, 0.3) is 5.91 Å². The lowest BCUT2D eigenvalue weighted by atomic mass is 10.2. The Labute approximate surface area is 103 Å². The summed E-state index contributed by atoms with van der Waals surface area (Å²) in [6.07, 6.45) is 1.10. The fourth-order valence-electron chi connectivity index (χ4n) is 1.18. The van der Waals surface area contributed by atoms with Crippen LogP contribution in [-0.4, -0.2) is 12.5 Å². The standard InChI is InChI=1S/C11H12BrN3O/c12-10-4-3-8(14)7-9(10)11(16)15-6-2-1-5-13/h3-4,7H,1-2,6,14H2,(H,15,16). The molecule has 1 aromatic carbocycles. The molecule has 5 heteroatoms. The molecule has 0 aromatic heterocycles. The van der Waals surface area contributed by atoms with E-state index in [1.165, 1.54) is 0 Å². The first-order valence-corrected chi connectivity index (χ1v) is 5.64. The largest absolute Gasteiger partial charge is 0.399 e. The molecule has 0 fully saturated rings. The van der Waals surface area contributed by atoms with Crippen LogP contribution < -0.4 is 11.1 Å². The second-order valence-electron chi connectivity index (χ2n) is 3.26. The second kappa shape index (κ2) is 6.13. The van der Waals surface area contributed by atoms with Crippen molar-refractivity contribution in [1.29, 1.82) is 5.26 Å². The van der Waals surface area contributed by atoms with E-state index in [4.69, 9.17) is 11.0 Å². The summed E-state index contributed by atoms with van der Waals surface area (Å²) in [5, 5.41) is 11.1. The maximum absolute atomic E-state index is 11.7. The minimum atomic E-state index is -0.183. The fourth-order valence-corrected chi connectivity index (χ4v) is 1.61. The number of nitrogens with two attached hydrogens (primary N) is 1. The number of carbonyl (C=O) groups is 1. The minimum absolute atomic E-state index is 0.183. The molecule has 0 spiro atoms. The van der Waals surface area contributed by atoms with Crippen LogP contribution in [0.25, 0.3) is 0 Å². The lowest BCUT2D eigenvalue weighted by Gasteiger charge is -2.06. The molecule has 0 aliphatic carbocycles. The molecule has 0 aliphatic rings. The lowest BCUT2D eigenvalue weighted by Crippen LogP contribution is -2.24.